The van der Waals surface area contributed by atoms with E-state index < -0.39 is 11.4 Å². The molecular weight excluding hydrogens is 441 g/mol. The third-order valence-corrected chi connectivity index (χ3v) is 5.83. The topological polar surface area (TPSA) is 83.8 Å². The number of benzene rings is 1. The lowest BCUT2D eigenvalue weighted by molar-refractivity contribution is 0.0524. The summed E-state index contributed by atoms with van der Waals surface area (Å²) >= 11 is 0. The monoisotopic (exact) mass is 477 g/mol. The number of pyridine rings is 1. The molecule has 0 amide bonds. The number of fused-ring (bicyclic) bond motifs is 1. The van der Waals surface area contributed by atoms with E-state index in [2.05, 4.69) is 6.92 Å². The molecule has 1 aromatic heterocycles. The number of hydrogen-bond acceptors (Lipinski definition) is 6. The van der Waals surface area contributed by atoms with Crippen LogP contribution in [0.1, 0.15) is 82.5 Å². The Morgan fingerprint density at radius 2 is 1.58 bits per heavy atom. The van der Waals surface area contributed by atoms with Gasteiger partial charge in [-0.05, 0) is 26.3 Å². The highest BCUT2D eigenvalue weighted by atomic mass is 31.1. The summed E-state index contributed by atoms with van der Waals surface area (Å²) in [7, 11) is -0.143. The molecule has 0 saturated carbocycles. The average Bonchev–Trinajstić information content (AvgIpc) is 2.80. The van der Waals surface area contributed by atoms with Gasteiger partial charge in [0, 0.05) is 12.3 Å². The van der Waals surface area contributed by atoms with E-state index in [1.807, 2.05) is 6.92 Å². The van der Waals surface area contributed by atoms with E-state index >= 15 is 0 Å². The second kappa shape index (κ2) is 14.7. The molecule has 2 rings (SSSR count). The maximum atomic E-state index is 13.1. The van der Waals surface area contributed by atoms with E-state index in [-0.39, 0.29) is 26.9 Å². The number of esters is 1. The Morgan fingerprint density at radius 3 is 2.21 bits per heavy atom. The van der Waals surface area contributed by atoms with Crippen LogP contribution in [0, 0.1) is 0 Å². The van der Waals surface area contributed by atoms with Gasteiger partial charge in [-0.1, -0.05) is 51.9 Å². The summed E-state index contributed by atoms with van der Waals surface area (Å²) in [6.07, 6.45) is 11.1. The number of carbonyl (C=O) groups excluding carboxylic acids is 1. The van der Waals surface area contributed by atoms with Gasteiger partial charge in [-0.3, -0.25) is 9.36 Å². The molecule has 0 aliphatic heterocycles. The number of aromatic nitrogens is 1. The molecule has 0 saturated heterocycles. The highest BCUT2D eigenvalue weighted by Crippen LogP contribution is 2.32. The van der Waals surface area contributed by atoms with Crippen LogP contribution in [-0.2, 0) is 15.6 Å². The summed E-state index contributed by atoms with van der Waals surface area (Å²) in [6, 6.07) is 3.33. The third-order valence-electron chi connectivity index (χ3n) is 5.41. The predicted octanol–water partition coefficient (Wildman–Crippen LogP) is 6.35. The Hall–Kier alpha value is -2.40. The Labute approximate surface area is 197 Å². The summed E-state index contributed by atoms with van der Waals surface area (Å²) < 4.78 is 29.7. The summed E-state index contributed by atoms with van der Waals surface area (Å²) in [6.45, 7) is 6.89. The SMILES string of the molecule is CCCCCCCCCCOc1cc2c(=O)c(C(=O)OCC)cn(CP=O)c2cc1OCC. The van der Waals surface area contributed by atoms with Gasteiger partial charge in [0.15, 0.2) is 20.0 Å². The molecule has 0 N–H and O–H groups in total. The van der Waals surface area contributed by atoms with Gasteiger partial charge >= 0.3 is 5.97 Å². The molecule has 0 fully saturated rings. The van der Waals surface area contributed by atoms with Crippen LogP contribution in [0.4, 0.5) is 0 Å². The molecule has 1 aromatic carbocycles. The third kappa shape index (κ3) is 7.85. The zero-order valence-corrected chi connectivity index (χ0v) is 21.0. The maximum Gasteiger partial charge on any atom is 0.343 e. The Kier molecular flexibility index (Phi) is 12.0. The first-order chi connectivity index (χ1) is 16.1. The molecule has 0 bridgehead atoms. The molecule has 1 heterocycles. The van der Waals surface area contributed by atoms with Gasteiger partial charge in [0.25, 0.3) is 0 Å². The zero-order valence-electron chi connectivity index (χ0n) is 20.1. The molecule has 0 atom stereocenters. The number of carbonyl (C=O) groups is 1. The summed E-state index contributed by atoms with van der Waals surface area (Å²) in [5.41, 5.74) is -0.00676. The molecule has 33 heavy (non-hydrogen) atoms. The van der Waals surface area contributed by atoms with Gasteiger partial charge in [-0.15, -0.1) is 0 Å². The maximum absolute atomic E-state index is 13.1. The minimum atomic E-state index is -0.698. The van der Waals surface area contributed by atoms with Crippen LogP contribution in [-0.4, -0.2) is 30.4 Å². The number of rotatable bonds is 16. The molecule has 0 aliphatic carbocycles. The van der Waals surface area contributed by atoms with Crippen LogP contribution in [0.25, 0.3) is 10.9 Å². The smallest absolute Gasteiger partial charge is 0.343 e. The van der Waals surface area contributed by atoms with E-state index in [4.69, 9.17) is 14.2 Å². The Balaban J connectivity index is 2.23. The first-order valence-corrected chi connectivity index (χ1v) is 13.0. The van der Waals surface area contributed by atoms with Gasteiger partial charge < -0.3 is 18.8 Å². The van der Waals surface area contributed by atoms with Crippen molar-refractivity contribution >= 4 is 25.3 Å². The van der Waals surface area contributed by atoms with Crippen LogP contribution in [0.5, 0.6) is 11.5 Å². The van der Waals surface area contributed by atoms with Gasteiger partial charge in [-0.25, -0.2) is 4.79 Å². The van der Waals surface area contributed by atoms with Crippen LogP contribution in [0.2, 0.25) is 0 Å². The molecule has 0 radical (unpaired) electrons. The lowest BCUT2D eigenvalue weighted by Crippen LogP contribution is -2.20. The first-order valence-electron chi connectivity index (χ1n) is 12.0. The van der Waals surface area contributed by atoms with E-state index in [1.54, 1.807) is 23.6 Å². The fourth-order valence-electron chi connectivity index (χ4n) is 3.73. The van der Waals surface area contributed by atoms with E-state index in [0.717, 1.165) is 12.8 Å². The van der Waals surface area contributed by atoms with Crippen molar-refractivity contribution in [2.45, 2.75) is 78.4 Å². The molecule has 8 heteroatoms. The number of unbranched alkanes of at least 4 members (excludes halogenated alkanes) is 7. The van der Waals surface area contributed by atoms with Crippen molar-refractivity contribution in [1.82, 2.24) is 4.57 Å². The largest absolute Gasteiger partial charge is 0.490 e. The fraction of sp³-hybridized carbons (Fsp3) is 0.600. The van der Waals surface area contributed by atoms with Crippen molar-refractivity contribution in [2.24, 2.45) is 0 Å². The van der Waals surface area contributed by atoms with Crippen LogP contribution < -0.4 is 14.9 Å². The lowest BCUT2D eigenvalue weighted by Gasteiger charge is -2.16. The minimum absolute atomic E-state index is 0.0905. The molecule has 7 nitrogen and oxygen atoms in total. The number of hydrogen-bond donors (Lipinski definition) is 0. The van der Waals surface area contributed by atoms with Crippen LogP contribution in [0.15, 0.2) is 23.1 Å². The molecule has 182 valence electrons. The van der Waals surface area contributed by atoms with Crippen molar-refractivity contribution in [3.8, 4) is 11.5 Å². The quantitative estimate of drug-likeness (QED) is 0.159. The fourth-order valence-corrected chi connectivity index (χ4v) is 4.09. The highest BCUT2D eigenvalue weighted by molar-refractivity contribution is 7.22. The predicted molar refractivity (Wildman–Crippen MR) is 131 cm³/mol. The zero-order chi connectivity index (χ0) is 24.1. The van der Waals surface area contributed by atoms with Crippen molar-refractivity contribution in [2.75, 3.05) is 19.8 Å². The van der Waals surface area contributed by atoms with Crippen molar-refractivity contribution in [3.05, 3.63) is 34.1 Å². The van der Waals surface area contributed by atoms with Crippen molar-refractivity contribution in [3.63, 3.8) is 0 Å². The summed E-state index contributed by atoms with van der Waals surface area (Å²) in [4.78, 5) is 25.4. The number of nitrogens with zero attached hydrogens (tertiary/aromatic N) is 1. The Morgan fingerprint density at radius 1 is 0.909 bits per heavy atom. The molecule has 2 aromatic rings. The first kappa shape index (κ1) is 26.8. The van der Waals surface area contributed by atoms with Crippen LogP contribution >= 0.6 is 8.46 Å². The average molecular weight is 478 g/mol. The van der Waals surface area contributed by atoms with Gasteiger partial charge in [0.2, 0.25) is 5.43 Å². The van der Waals surface area contributed by atoms with Gasteiger partial charge in [-0.2, -0.15) is 0 Å². The second-order valence-corrected chi connectivity index (χ2v) is 8.45. The molecule has 0 spiro atoms. The van der Waals surface area contributed by atoms with Gasteiger partial charge in [0.1, 0.15) is 11.8 Å². The number of ether oxygens (including phenoxy) is 3. The minimum Gasteiger partial charge on any atom is -0.490 e. The van der Waals surface area contributed by atoms with Crippen molar-refractivity contribution in [1.29, 1.82) is 0 Å². The Bertz CT molecular complexity index is 972. The van der Waals surface area contributed by atoms with E-state index in [1.165, 1.54) is 44.7 Å². The highest BCUT2D eigenvalue weighted by Gasteiger charge is 2.19. The van der Waals surface area contributed by atoms with E-state index in [0.29, 0.717) is 35.6 Å². The van der Waals surface area contributed by atoms with Crippen molar-refractivity contribution < 1.29 is 23.6 Å². The molecule has 0 unspecified atom stereocenters. The standard InChI is InChI=1S/C25H36NO6P/c1-4-7-8-9-10-11-12-13-14-32-22-15-19-21(16-23(22)30-5-2)26(18-33-29)17-20(24(19)27)25(28)31-6-3/h15-17H,4-14,18H2,1-3H3. The van der Waals surface area contributed by atoms with E-state index in [9.17, 15) is 14.2 Å². The van der Waals surface area contributed by atoms with Crippen LogP contribution in [0.3, 0.4) is 0 Å². The van der Waals surface area contributed by atoms with Gasteiger partial charge in [0.05, 0.1) is 30.7 Å². The summed E-state index contributed by atoms with van der Waals surface area (Å²) in [5.74, 6) is 0.289. The normalized spacial score (nSPS) is 11.1. The lowest BCUT2D eigenvalue weighted by atomic mass is 10.1. The summed E-state index contributed by atoms with van der Waals surface area (Å²) in [5, 5.41) is 0.304. The molecular formula is C25H36NO6P. The molecule has 0 aliphatic rings. The second-order valence-electron chi connectivity index (χ2n) is 7.91.